The molecule has 2 heterocycles. The lowest BCUT2D eigenvalue weighted by Gasteiger charge is -2.21. The van der Waals surface area contributed by atoms with Gasteiger partial charge in [-0.15, -0.1) is 0 Å². The first-order valence-electron chi connectivity index (χ1n) is 6.39. The third-order valence-corrected chi connectivity index (χ3v) is 3.28. The molecule has 0 saturated carbocycles. The van der Waals surface area contributed by atoms with E-state index < -0.39 is 17.7 Å². The van der Waals surface area contributed by atoms with Gasteiger partial charge in [0.15, 0.2) is 11.5 Å². The molecule has 0 saturated heterocycles. The Bertz CT molecular complexity index is 682. The molecule has 3 rings (SSSR count). The summed E-state index contributed by atoms with van der Waals surface area (Å²) in [5.74, 6) is -0.633. The summed E-state index contributed by atoms with van der Waals surface area (Å²) in [4.78, 5) is 7.81. The predicted molar refractivity (Wildman–Crippen MR) is 67.8 cm³/mol. The second-order valence-electron chi connectivity index (χ2n) is 4.76. The molecular formula is C14H11F4N3. The highest BCUT2D eigenvalue weighted by atomic mass is 19.4. The summed E-state index contributed by atoms with van der Waals surface area (Å²) in [5.41, 5.74) is -0.259. The summed E-state index contributed by atoms with van der Waals surface area (Å²) in [7, 11) is 0. The van der Waals surface area contributed by atoms with Crippen LogP contribution >= 0.6 is 0 Å². The molecule has 0 aliphatic carbocycles. The first-order chi connectivity index (χ1) is 9.95. The Hall–Kier alpha value is -2.02. The zero-order chi connectivity index (χ0) is 15.0. The van der Waals surface area contributed by atoms with Crippen LogP contribution in [0, 0.1) is 5.82 Å². The van der Waals surface area contributed by atoms with Gasteiger partial charge in [-0.1, -0.05) is 12.1 Å². The van der Waals surface area contributed by atoms with E-state index in [2.05, 4.69) is 15.3 Å². The lowest BCUT2D eigenvalue weighted by Crippen LogP contribution is -2.29. The summed E-state index contributed by atoms with van der Waals surface area (Å²) >= 11 is 0. The van der Waals surface area contributed by atoms with Crippen molar-refractivity contribution in [1.82, 2.24) is 15.3 Å². The number of fused-ring (bicyclic) bond motifs is 1. The molecule has 1 aliphatic heterocycles. The molecule has 1 aromatic heterocycles. The van der Waals surface area contributed by atoms with Gasteiger partial charge in [0.1, 0.15) is 5.82 Å². The topological polar surface area (TPSA) is 37.8 Å². The van der Waals surface area contributed by atoms with Crippen molar-refractivity contribution in [3.63, 3.8) is 0 Å². The summed E-state index contributed by atoms with van der Waals surface area (Å²) in [6, 6.07) is 5.26. The molecule has 1 aliphatic rings. The molecule has 1 N–H and O–H groups in total. The van der Waals surface area contributed by atoms with Crippen LogP contribution < -0.4 is 5.32 Å². The fraction of sp³-hybridized carbons (Fsp3) is 0.286. The molecule has 3 nitrogen and oxygen atoms in total. The molecule has 1 aromatic carbocycles. The Kier molecular flexibility index (Phi) is 3.36. The van der Waals surface area contributed by atoms with Gasteiger partial charge in [-0.05, 0) is 12.1 Å². The van der Waals surface area contributed by atoms with E-state index in [4.69, 9.17) is 0 Å². The number of rotatable bonds is 1. The van der Waals surface area contributed by atoms with E-state index in [-0.39, 0.29) is 23.5 Å². The predicted octanol–water partition coefficient (Wildman–Crippen LogP) is 2.95. The number of nitrogens with zero attached hydrogens (tertiary/aromatic N) is 2. The monoisotopic (exact) mass is 297 g/mol. The third-order valence-electron chi connectivity index (χ3n) is 3.28. The van der Waals surface area contributed by atoms with E-state index in [1.54, 1.807) is 0 Å². The van der Waals surface area contributed by atoms with Crippen molar-refractivity contribution < 1.29 is 17.6 Å². The van der Waals surface area contributed by atoms with E-state index in [1.165, 1.54) is 18.2 Å². The Morgan fingerprint density at radius 2 is 1.95 bits per heavy atom. The molecule has 0 unspecified atom stereocenters. The Morgan fingerprint density at radius 3 is 2.67 bits per heavy atom. The van der Waals surface area contributed by atoms with E-state index in [1.807, 2.05) is 0 Å². The number of alkyl halides is 3. The zero-order valence-corrected chi connectivity index (χ0v) is 10.8. The molecular weight excluding hydrogens is 286 g/mol. The molecule has 0 bridgehead atoms. The number of nitrogens with one attached hydrogen (secondary N) is 1. The van der Waals surface area contributed by atoms with Crippen LogP contribution in [0.25, 0.3) is 11.4 Å². The lowest BCUT2D eigenvalue weighted by molar-refractivity contribution is -0.142. The van der Waals surface area contributed by atoms with Crippen LogP contribution in [0.1, 0.15) is 17.0 Å². The molecule has 0 spiro atoms. The van der Waals surface area contributed by atoms with Gasteiger partial charge < -0.3 is 5.32 Å². The molecule has 7 heteroatoms. The average molecular weight is 297 g/mol. The highest BCUT2D eigenvalue weighted by Crippen LogP contribution is 2.34. The summed E-state index contributed by atoms with van der Waals surface area (Å²) in [5, 5.41) is 2.88. The standard InChI is InChI=1S/C14H11F4N3/c15-9-3-1-2-8(6-9)13-20-11-4-5-19-7-10(11)12(21-13)14(16,17)18/h1-3,6,19H,4-5,7H2. The van der Waals surface area contributed by atoms with Crippen molar-refractivity contribution in [2.75, 3.05) is 6.54 Å². The van der Waals surface area contributed by atoms with E-state index in [0.29, 0.717) is 18.7 Å². The van der Waals surface area contributed by atoms with Gasteiger partial charge in [0.25, 0.3) is 0 Å². The van der Waals surface area contributed by atoms with E-state index in [0.717, 1.165) is 6.07 Å². The average Bonchev–Trinajstić information content (AvgIpc) is 2.45. The second-order valence-corrected chi connectivity index (χ2v) is 4.76. The Morgan fingerprint density at radius 1 is 1.14 bits per heavy atom. The second kappa shape index (κ2) is 5.07. The van der Waals surface area contributed by atoms with Crippen LogP contribution in [0.3, 0.4) is 0 Å². The molecule has 0 radical (unpaired) electrons. The number of aromatic nitrogens is 2. The summed E-state index contributed by atoms with van der Waals surface area (Å²) in [6.45, 7) is 0.650. The maximum atomic E-state index is 13.2. The maximum Gasteiger partial charge on any atom is 0.433 e. The highest BCUT2D eigenvalue weighted by Gasteiger charge is 2.38. The van der Waals surface area contributed by atoms with Gasteiger partial charge in [-0.3, -0.25) is 0 Å². The minimum Gasteiger partial charge on any atom is -0.312 e. The van der Waals surface area contributed by atoms with Crippen LogP contribution in [0.5, 0.6) is 0 Å². The zero-order valence-electron chi connectivity index (χ0n) is 10.8. The van der Waals surface area contributed by atoms with Gasteiger partial charge >= 0.3 is 6.18 Å². The third kappa shape index (κ3) is 2.73. The minimum atomic E-state index is -4.56. The van der Waals surface area contributed by atoms with E-state index in [9.17, 15) is 17.6 Å². The van der Waals surface area contributed by atoms with E-state index >= 15 is 0 Å². The summed E-state index contributed by atoms with van der Waals surface area (Å²) < 4.78 is 52.7. The van der Waals surface area contributed by atoms with Crippen LogP contribution in [0.2, 0.25) is 0 Å². The molecule has 21 heavy (non-hydrogen) atoms. The van der Waals surface area contributed by atoms with Gasteiger partial charge in [0.2, 0.25) is 0 Å². The van der Waals surface area contributed by atoms with Crippen LogP contribution in [0.4, 0.5) is 17.6 Å². The van der Waals surface area contributed by atoms with Gasteiger partial charge in [-0.25, -0.2) is 14.4 Å². The molecule has 2 aromatic rings. The number of benzene rings is 1. The summed E-state index contributed by atoms with van der Waals surface area (Å²) in [6.07, 6.45) is -4.17. The first-order valence-corrected chi connectivity index (χ1v) is 6.39. The molecule has 0 amide bonds. The normalized spacial score (nSPS) is 14.9. The van der Waals surface area contributed by atoms with Crippen molar-refractivity contribution in [3.8, 4) is 11.4 Å². The van der Waals surface area contributed by atoms with Crippen molar-refractivity contribution in [1.29, 1.82) is 0 Å². The largest absolute Gasteiger partial charge is 0.433 e. The Labute approximate surface area is 118 Å². The van der Waals surface area contributed by atoms with Crippen LogP contribution in [-0.4, -0.2) is 16.5 Å². The number of hydrogen-bond acceptors (Lipinski definition) is 3. The maximum absolute atomic E-state index is 13.2. The fourth-order valence-corrected chi connectivity index (χ4v) is 2.33. The number of hydrogen-bond donors (Lipinski definition) is 1. The molecule has 0 atom stereocenters. The SMILES string of the molecule is Fc1cccc(-c2nc3c(c(C(F)(F)F)n2)CNCC3)c1. The van der Waals surface area contributed by atoms with Crippen molar-refractivity contribution in [2.45, 2.75) is 19.1 Å². The molecule has 110 valence electrons. The minimum absolute atomic E-state index is 0.0777. The van der Waals surface area contributed by atoms with Gasteiger partial charge in [0.05, 0.1) is 5.69 Å². The van der Waals surface area contributed by atoms with Crippen molar-refractivity contribution >= 4 is 0 Å². The fourth-order valence-electron chi connectivity index (χ4n) is 2.33. The lowest BCUT2D eigenvalue weighted by atomic mass is 10.0. The van der Waals surface area contributed by atoms with Crippen molar-refractivity contribution in [3.05, 3.63) is 47.0 Å². The van der Waals surface area contributed by atoms with Gasteiger partial charge in [0, 0.05) is 30.6 Å². The first kappa shape index (κ1) is 13.9. The van der Waals surface area contributed by atoms with Crippen LogP contribution in [-0.2, 0) is 19.1 Å². The van der Waals surface area contributed by atoms with Crippen LogP contribution in [0.15, 0.2) is 24.3 Å². The van der Waals surface area contributed by atoms with Gasteiger partial charge in [-0.2, -0.15) is 13.2 Å². The Balaban J connectivity index is 2.19. The smallest absolute Gasteiger partial charge is 0.312 e. The van der Waals surface area contributed by atoms with Crippen molar-refractivity contribution in [2.24, 2.45) is 0 Å². The highest BCUT2D eigenvalue weighted by molar-refractivity contribution is 5.56. The quantitative estimate of drug-likeness (QED) is 0.822. The number of halogens is 4. The molecule has 0 fully saturated rings.